The maximum absolute atomic E-state index is 12.6. The first-order valence-corrected chi connectivity index (χ1v) is 7.35. The van der Waals surface area contributed by atoms with Gasteiger partial charge in [0.1, 0.15) is 0 Å². The van der Waals surface area contributed by atoms with E-state index < -0.39 is 11.0 Å². The molecule has 3 amide bonds. The summed E-state index contributed by atoms with van der Waals surface area (Å²) in [4.78, 5) is 36.4. The number of amides is 3. The van der Waals surface area contributed by atoms with Crippen LogP contribution in [0.15, 0.2) is 35.5 Å². The van der Waals surface area contributed by atoms with Crippen LogP contribution in [0.2, 0.25) is 0 Å². The number of nitrogens with one attached hydrogen (secondary N) is 2. The number of carbonyl (C=O) groups excluding carboxylic acids is 2. The summed E-state index contributed by atoms with van der Waals surface area (Å²) < 4.78 is 0. The number of benzene rings is 1. The van der Waals surface area contributed by atoms with Crippen LogP contribution in [0.3, 0.4) is 0 Å². The van der Waals surface area contributed by atoms with Gasteiger partial charge in [0.2, 0.25) is 0 Å². The molecule has 2 aliphatic heterocycles. The standard InChI is InChI=1S/C15H16N4O4/c1-2-7-18-8-11-12(14(18)20)13(17-15(21)16-11)9-3-5-10(6-4-9)19(22)23/h3-6,13H,2,7-8H2,1H3,(H2,16,17,21)/t13-/m1/s1. The molecule has 0 bridgehead atoms. The molecule has 1 aromatic carbocycles. The van der Waals surface area contributed by atoms with Gasteiger partial charge in [-0.1, -0.05) is 6.92 Å². The van der Waals surface area contributed by atoms with Gasteiger partial charge in [0.05, 0.1) is 28.8 Å². The number of carbonyl (C=O) groups is 2. The molecule has 0 unspecified atom stereocenters. The minimum atomic E-state index is -0.589. The van der Waals surface area contributed by atoms with Gasteiger partial charge in [-0.2, -0.15) is 0 Å². The SMILES string of the molecule is CCCN1CC2=C(C1=O)[C@@H](c1ccc([N+](=O)[O-])cc1)NC(=O)N2. The number of nitro benzene ring substituents is 1. The van der Waals surface area contributed by atoms with Crippen LogP contribution in [0.5, 0.6) is 0 Å². The third kappa shape index (κ3) is 2.63. The number of urea groups is 1. The van der Waals surface area contributed by atoms with E-state index in [1.807, 2.05) is 6.92 Å². The highest BCUT2D eigenvalue weighted by Gasteiger charge is 2.39. The van der Waals surface area contributed by atoms with E-state index in [0.29, 0.717) is 29.9 Å². The van der Waals surface area contributed by atoms with Gasteiger partial charge in [-0.25, -0.2) is 4.79 Å². The van der Waals surface area contributed by atoms with Crippen molar-refractivity contribution in [1.29, 1.82) is 0 Å². The van der Waals surface area contributed by atoms with Gasteiger partial charge in [0, 0.05) is 18.7 Å². The van der Waals surface area contributed by atoms with E-state index in [1.165, 1.54) is 12.1 Å². The summed E-state index contributed by atoms with van der Waals surface area (Å²) >= 11 is 0. The largest absolute Gasteiger partial charge is 0.333 e. The zero-order chi connectivity index (χ0) is 16.6. The van der Waals surface area contributed by atoms with E-state index in [0.717, 1.165) is 6.42 Å². The molecule has 0 aromatic heterocycles. The highest BCUT2D eigenvalue weighted by Crippen LogP contribution is 2.33. The van der Waals surface area contributed by atoms with Gasteiger partial charge < -0.3 is 15.5 Å². The molecule has 2 N–H and O–H groups in total. The lowest BCUT2D eigenvalue weighted by atomic mass is 9.96. The van der Waals surface area contributed by atoms with E-state index in [9.17, 15) is 19.7 Å². The zero-order valence-corrected chi connectivity index (χ0v) is 12.5. The summed E-state index contributed by atoms with van der Waals surface area (Å²) in [5.41, 5.74) is 1.72. The number of nitrogens with zero attached hydrogens (tertiary/aromatic N) is 2. The van der Waals surface area contributed by atoms with Gasteiger partial charge in [-0.3, -0.25) is 14.9 Å². The summed E-state index contributed by atoms with van der Waals surface area (Å²) in [6.45, 7) is 2.99. The Hall–Kier alpha value is -2.90. The van der Waals surface area contributed by atoms with E-state index in [-0.39, 0.29) is 17.6 Å². The molecule has 1 aromatic rings. The minimum absolute atomic E-state index is 0.0337. The molecule has 0 radical (unpaired) electrons. The molecule has 8 heteroatoms. The molecule has 2 heterocycles. The third-order valence-electron chi connectivity index (χ3n) is 3.95. The maximum atomic E-state index is 12.6. The molecular weight excluding hydrogens is 300 g/mol. The highest BCUT2D eigenvalue weighted by atomic mass is 16.6. The first kappa shape index (κ1) is 15.0. The first-order chi connectivity index (χ1) is 11.0. The zero-order valence-electron chi connectivity index (χ0n) is 12.5. The van der Waals surface area contributed by atoms with Crippen LogP contribution in [0.25, 0.3) is 0 Å². The van der Waals surface area contributed by atoms with Crippen molar-refractivity contribution in [1.82, 2.24) is 15.5 Å². The van der Waals surface area contributed by atoms with Crippen LogP contribution >= 0.6 is 0 Å². The van der Waals surface area contributed by atoms with Gasteiger partial charge in [-0.15, -0.1) is 0 Å². The van der Waals surface area contributed by atoms with Crippen LogP contribution in [-0.4, -0.2) is 34.9 Å². The van der Waals surface area contributed by atoms with Crippen molar-refractivity contribution in [2.24, 2.45) is 0 Å². The van der Waals surface area contributed by atoms with E-state index in [2.05, 4.69) is 10.6 Å². The molecule has 0 saturated carbocycles. The Kier molecular flexibility index (Phi) is 3.73. The Bertz CT molecular complexity index is 711. The summed E-state index contributed by atoms with van der Waals surface area (Å²) in [5, 5.41) is 16.2. The Morgan fingerprint density at radius 3 is 2.61 bits per heavy atom. The lowest BCUT2D eigenvalue weighted by molar-refractivity contribution is -0.384. The molecular formula is C15H16N4O4. The van der Waals surface area contributed by atoms with Gasteiger partial charge in [-0.05, 0) is 24.1 Å². The smallest absolute Gasteiger partial charge is 0.319 e. The fourth-order valence-corrected chi connectivity index (χ4v) is 2.92. The summed E-state index contributed by atoms with van der Waals surface area (Å²) in [6.07, 6.45) is 0.829. The molecule has 8 nitrogen and oxygen atoms in total. The van der Waals surface area contributed by atoms with Gasteiger partial charge in [0.15, 0.2) is 0 Å². The van der Waals surface area contributed by atoms with Crippen molar-refractivity contribution >= 4 is 17.6 Å². The Morgan fingerprint density at radius 1 is 1.30 bits per heavy atom. The molecule has 3 rings (SSSR count). The van der Waals surface area contributed by atoms with Gasteiger partial charge in [0.25, 0.3) is 11.6 Å². The van der Waals surface area contributed by atoms with Crippen molar-refractivity contribution in [2.75, 3.05) is 13.1 Å². The molecule has 2 aliphatic rings. The molecule has 0 aliphatic carbocycles. The van der Waals surface area contributed by atoms with Crippen molar-refractivity contribution in [3.05, 3.63) is 51.2 Å². The second-order valence-corrected chi connectivity index (χ2v) is 5.50. The van der Waals surface area contributed by atoms with Crippen LogP contribution in [-0.2, 0) is 4.79 Å². The van der Waals surface area contributed by atoms with Gasteiger partial charge >= 0.3 is 6.03 Å². The predicted molar refractivity (Wildman–Crippen MR) is 81.4 cm³/mol. The molecule has 120 valence electrons. The second-order valence-electron chi connectivity index (χ2n) is 5.50. The normalized spacial score (nSPS) is 20.2. The molecule has 0 fully saturated rings. The van der Waals surface area contributed by atoms with Crippen molar-refractivity contribution < 1.29 is 14.5 Å². The Morgan fingerprint density at radius 2 is 2.00 bits per heavy atom. The van der Waals surface area contributed by atoms with Crippen molar-refractivity contribution in [3.63, 3.8) is 0 Å². The maximum Gasteiger partial charge on any atom is 0.319 e. The van der Waals surface area contributed by atoms with Crippen molar-refractivity contribution in [3.8, 4) is 0 Å². The van der Waals surface area contributed by atoms with Crippen LogP contribution in [0.4, 0.5) is 10.5 Å². The number of non-ortho nitro benzene ring substituents is 1. The fourth-order valence-electron chi connectivity index (χ4n) is 2.92. The summed E-state index contributed by atoms with van der Waals surface area (Å²) in [7, 11) is 0. The second kappa shape index (κ2) is 5.71. The molecule has 23 heavy (non-hydrogen) atoms. The summed E-state index contributed by atoms with van der Waals surface area (Å²) in [6, 6.07) is 4.90. The van der Waals surface area contributed by atoms with E-state index in [4.69, 9.17) is 0 Å². The minimum Gasteiger partial charge on any atom is -0.333 e. The Balaban J connectivity index is 1.94. The average molecular weight is 316 g/mol. The van der Waals surface area contributed by atoms with Crippen LogP contribution in [0, 0.1) is 10.1 Å². The van der Waals surface area contributed by atoms with E-state index >= 15 is 0 Å². The third-order valence-corrected chi connectivity index (χ3v) is 3.95. The number of rotatable bonds is 4. The van der Waals surface area contributed by atoms with Crippen molar-refractivity contribution in [2.45, 2.75) is 19.4 Å². The summed E-state index contributed by atoms with van der Waals surface area (Å²) in [5.74, 6) is -0.113. The fraction of sp³-hybridized carbons (Fsp3) is 0.333. The van der Waals surface area contributed by atoms with E-state index in [1.54, 1.807) is 17.0 Å². The first-order valence-electron chi connectivity index (χ1n) is 7.35. The van der Waals surface area contributed by atoms with Crippen LogP contribution in [0.1, 0.15) is 24.9 Å². The number of hydrogen-bond acceptors (Lipinski definition) is 4. The highest BCUT2D eigenvalue weighted by molar-refractivity contribution is 6.01. The average Bonchev–Trinajstić information content (AvgIpc) is 2.83. The number of hydrogen-bond donors (Lipinski definition) is 2. The van der Waals surface area contributed by atoms with Crippen LogP contribution < -0.4 is 10.6 Å². The predicted octanol–water partition coefficient (Wildman–Crippen LogP) is 1.45. The topological polar surface area (TPSA) is 105 Å². The lowest BCUT2D eigenvalue weighted by Gasteiger charge is -2.25. The molecule has 0 saturated heterocycles. The quantitative estimate of drug-likeness (QED) is 0.648. The monoisotopic (exact) mass is 316 g/mol. The molecule has 0 spiro atoms. The lowest BCUT2D eigenvalue weighted by Crippen LogP contribution is -2.44. The molecule has 1 atom stereocenters. The number of nitro groups is 1. The Labute approximate surface area is 132 Å².